The second kappa shape index (κ2) is 10.7. The zero-order valence-electron chi connectivity index (χ0n) is 19.1. The van der Waals surface area contributed by atoms with Crippen molar-refractivity contribution in [1.82, 2.24) is 10.2 Å². The van der Waals surface area contributed by atoms with Gasteiger partial charge in [-0.3, -0.25) is 9.59 Å². The fourth-order valence-electron chi connectivity index (χ4n) is 5.51. The van der Waals surface area contributed by atoms with Crippen LogP contribution in [-0.2, 0) is 14.3 Å². The number of para-hydroxylation sites is 1. The van der Waals surface area contributed by atoms with Gasteiger partial charge in [-0.25, -0.2) is 0 Å². The number of fused-ring (bicyclic) bond motifs is 3. The molecule has 180 valence electrons. The minimum atomic E-state index is -0.999. The Hall–Kier alpha value is -2.42. The van der Waals surface area contributed by atoms with Crippen LogP contribution in [0.4, 0.5) is 0 Å². The Kier molecular flexibility index (Phi) is 7.67. The second-order valence-corrected chi connectivity index (χ2v) is 9.06. The van der Waals surface area contributed by atoms with Crippen molar-refractivity contribution in [3.8, 4) is 5.75 Å². The molecule has 4 atom stereocenters. The van der Waals surface area contributed by atoms with Gasteiger partial charge in [0.2, 0.25) is 11.8 Å². The normalized spacial score (nSPS) is 26.9. The Morgan fingerprint density at radius 2 is 1.91 bits per heavy atom. The molecule has 1 fully saturated rings. The van der Waals surface area contributed by atoms with Crippen LogP contribution in [0.2, 0.25) is 0 Å². The van der Waals surface area contributed by atoms with Gasteiger partial charge in [-0.05, 0) is 25.0 Å². The van der Waals surface area contributed by atoms with Crippen LogP contribution in [0.25, 0.3) is 0 Å². The Bertz CT molecular complexity index is 879. The third kappa shape index (κ3) is 4.78. The van der Waals surface area contributed by atoms with Crippen LogP contribution in [-0.4, -0.2) is 78.1 Å². The molecule has 0 bridgehead atoms. The minimum Gasteiger partial charge on any atom is -0.486 e. The fraction of sp³-hybridized carbons (Fsp3) is 0.600. The number of carbonyl (C=O) groups excluding carboxylic acids is 2. The third-order valence-corrected chi connectivity index (χ3v) is 6.97. The molecule has 0 radical (unpaired) electrons. The van der Waals surface area contributed by atoms with Gasteiger partial charge in [0, 0.05) is 30.8 Å². The number of rotatable bonds is 7. The van der Waals surface area contributed by atoms with Crippen LogP contribution in [0.15, 0.2) is 35.9 Å². The molecule has 2 aliphatic carbocycles. The summed E-state index contributed by atoms with van der Waals surface area (Å²) in [6.45, 7) is -0.139. The molecule has 1 saturated carbocycles. The largest absolute Gasteiger partial charge is 0.486 e. The summed E-state index contributed by atoms with van der Waals surface area (Å²) in [5.41, 5.74) is 1.30. The number of methoxy groups -OCH3 is 1. The van der Waals surface area contributed by atoms with Gasteiger partial charge < -0.3 is 29.9 Å². The highest BCUT2D eigenvalue weighted by Crippen LogP contribution is 2.47. The second-order valence-electron chi connectivity index (χ2n) is 9.06. The van der Waals surface area contributed by atoms with E-state index in [-0.39, 0.29) is 37.6 Å². The topological polar surface area (TPSA) is 108 Å². The molecule has 1 aromatic rings. The number of aliphatic hydroxyl groups is 2. The summed E-state index contributed by atoms with van der Waals surface area (Å²) in [4.78, 5) is 28.1. The summed E-state index contributed by atoms with van der Waals surface area (Å²) in [5, 5.41) is 23.4. The molecule has 0 saturated heterocycles. The SMILES string of the molecule is COCC(=O)N(C1CCCCCC1)[C@@H]1C=C(C(=O)NCCO)[C@@H]2c3ccccc3O[C@@H]2[C@H]1O. The highest BCUT2D eigenvalue weighted by Gasteiger charge is 2.51. The van der Waals surface area contributed by atoms with Crippen LogP contribution in [0.1, 0.15) is 50.0 Å². The summed E-state index contributed by atoms with van der Waals surface area (Å²) in [5.74, 6) is -0.331. The molecule has 3 N–H and O–H groups in total. The lowest BCUT2D eigenvalue weighted by molar-refractivity contribution is -0.144. The summed E-state index contributed by atoms with van der Waals surface area (Å²) in [7, 11) is 1.48. The van der Waals surface area contributed by atoms with Crippen LogP contribution in [0.3, 0.4) is 0 Å². The summed E-state index contributed by atoms with van der Waals surface area (Å²) >= 11 is 0. The number of nitrogens with one attached hydrogen (secondary N) is 1. The lowest BCUT2D eigenvalue weighted by atomic mass is 9.77. The summed E-state index contributed by atoms with van der Waals surface area (Å²) in [6.07, 6.45) is 6.06. The molecule has 0 spiro atoms. The van der Waals surface area contributed by atoms with Crippen molar-refractivity contribution in [3.05, 3.63) is 41.5 Å². The fourth-order valence-corrected chi connectivity index (χ4v) is 5.51. The monoisotopic (exact) mass is 458 g/mol. The summed E-state index contributed by atoms with van der Waals surface area (Å²) in [6, 6.07) is 6.73. The lowest BCUT2D eigenvalue weighted by Gasteiger charge is -2.44. The quantitative estimate of drug-likeness (QED) is 0.535. The number of nitrogens with zero attached hydrogens (tertiary/aromatic N) is 1. The van der Waals surface area contributed by atoms with E-state index in [0.29, 0.717) is 11.3 Å². The Balaban J connectivity index is 1.75. The Morgan fingerprint density at radius 3 is 2.61 bits per heavy atom. The van der Waals surface area contributed by atoms with E-state index < -0.39 is 24.2 Å². The number of hydrogen-bond donors (Lipinski definition) is 3. The highest BCUT2D eigenvalue weighted by atomic mass is 16.5. The number of benzene rings is 1. The number of carbonyl (C=O) groups is 2. The van der Waals surface area contributed by atoms with Gasteiger partial charge in [0.05, 0.1) is 18.6 Å². The molecule has 8 heteroatoms. The van der Waals surface area contributed by atoms with Crippen molar-refractivity contribution in [2.45, 2.75) is 68.7 Å². The van der Waals surface area contributed by atoms with E-state index in [1.807, 2.05) is 24.3 Å². The van der Waals surface area contributed by atoms with Gasteiger partial charge in [-0.1, -0.05) is 43.9 Å². The zero-order valence-corrected chi connectivity index (χ0v) is 19.1. The van der Waals surface area contributed by atoms with Crippen molar-refractivity contribution >= 4 is 11.8 Å². The number of ether oxygens (including phenoxy) is 2. The van der Waals surface area contributed by atoms with E-state index >= 15 is 0 Å². The average Bonchev–Trinajstić information content (AvgIpc) is 3.00. The van der Waals surface area contributed by atoms with E-state index in [0.717, 1.165) is 44.1 Å². The molecule has 1 aliphatic heterocycles. The highest BCUT2D eigenvalue weighted by molar-refractivity contribution is 5.96. The lowest BCUT2D eigenvalue weighted by Crippen LogP contribution is -2.59. The smallest absolute Gasteiger partial charge is 0.249 e. The molecule has 1 aromatic carbocycles. The predicted octanol–water partition coefficient (Wildman–Crippen LogP) is 1.51. The minimum absolute atomic E-state index is 0.0341. The molecule has 0 aromatic heterocycles. The van der Waals surface area contributed by atoms with Crippen LogP contribution >= 0.6 is 0 Å². The average molecular weight is 459 g/mol. The Labute approximate surface area is 194 Å². The number of hydrogen-bond acceptors (Lipinski definition) is 6. The van der Waals surface area contributed by atoms with Gasteiger partial charge in [-0.15, -0.1) is 0 Å². The van der Waals surface area contributed by atoms with Crippen LogP contribution in [0.5, 0.6) is 5.75 Å². The van der Waals surface area contributed by atoms with Crippen molar-refractivity contribution in [2.75, 3.05) is 26.9 Å². The van der Waals surface area contributed by atoms with Crippen LogP contribution < -0.4 is 10.1 Å². The van der Waals surface area contributed by atoms with E-state index in [1.54, 1.807) is 11.0 Å². The number of aliphatic hydroxyl groups excluding tert-OH is 2. The molecular formula is C25H34N2O6. The van der Waals surface area contributed by atoms with Crippen molar-refractivity contribution in [1.29, 1.82) is 0 Å². The standard InChI is InChI=1S/C25H34N2O6/c1-32-15-21(29)27(16-8-4-2-3-5-9-16)19-14-18(25(31)26-12-13-28)22-17-10-6-7-11-20(17)33-24(22)23(19)30/h6-7,10-11,14,16,19,22-24,28,30H,2-5,8-9,12-13,15H2,1H3,(H,26,31)/t19-,22+,23+,24+/m1/s1. The molecule has 3 aliphatic rings. The molecular weight excluding hydrogens is 424 g/mol. The third-order valence-electron chi connectivity index (χ3n) is 6.97. The number of amides is 2. The van der Waals surface area contributed by atoms with Crippen LogP contribution in [0, 0.1) is 0 Å². The van der Waals surface area contributed by atoms with Crippen molar-refractivity contribution < 1.29 is 29.3 Å². The van der Waals surface area contributed by atoms with Gasteiger partial charge >= 0.3 is 0 Å². The van der Waals surface area contributed by atoms with Crippen molar-refractivity contribution in [3.63, 3.8) is 0 Å². The zero-order chi connectivity index (χ0) is 23.4. The predicted molar refractivity (Wildman–Crippen MR) is 122 cm³/mol. The summed E-state index contributed by atoms with van der Waals surface area (Å²) < 4.78 is 11.3. The van der Waals surface area contributed by atoms with Gasteiger partial charge in [-0.2, -0.15) is 0 Å². The van der Waals surface area contributed by atoms with Gasteiger partial charge in [0.25, 0.3) is 0 Å². The molecule has 33 heavy (non-hydrogen) atoms. The van der Waals surface area contributed by atoms with Gasteiger partial charge in [0.1, 0.15) is 24.6 Å². The first-order valence-electron chi connectivity index (χ1n) is 11.9. The molecule has 0 unspecified atom stereocenters. The maximum atomic E-state index is 13.2. The molecule has 4 rings (SSSR count). The first-order chi connectivity index (χ1) is 16.1. The Morgan fingerprint density at radius 1 is 1.18 bits per heavy atom. The maximum absolute atomic E-state index is 13.2. The first kappa shape index (κ1) is 23.7. The van der Waals surface area contributed by atoms with E-state index in [4.69, 9.17) is 9.47 Å². The van der Waals surface area contributed by atoms with E-state index in [2.05, 4.69) is 5.32 Å². The van der Waals surface area contributed by atoms with E-state index in [9.17, 15) is 19.8 Å². The molecule has 8 nitrogen and oxygen atoms in total. The van der Waals surface area contributed by atoms with Gasteiger partial charge in [0.15, 0.2) is 0 Å². The molecule has 2 amide bonds. The molecule has 1 heterocycles. The maximum Gasteiger partial charge on any atom is 0.249 e. The van der Waals surface area contributed by atoms with E-state index in [1.165, 1.54) is 7.11 Å². The van der Waals surface area contributed by atoms with Crippen molar-refractivity contribution in [2.24, 2.45) is 0 Å². The first-order valence-corrected chi connectivity index (χ1v) is 11.9.